The van der Waals surface area contributed by atoms with Gasteiger partial charge in [-0.25, -0.2) is 0 Å². The van der Waals surface area contributed by atoms with E-state index in [4.69, 9.17) is 9.47 Å². The lowest BCUT2D eigenvalue weighted by atomic mass is 10.1. The molecule has 0 unspecified atom stereocenters. The first-order valence-corrected chi connectivity index (χ1v) is 10.2. The molecule has 0 saturated heterocycles. The van der Waals surface area contributed by atoms with Gasteiger partial charge in [-0.2, -0.15) is 5.26 Å². The van der Waals surface area contributed by atoms with E-state index >= 15 is 0 Å². The SMILES string of the molecule is COc1ccc(OC)c(CCNC(=O)c2ccccc2Sc2ccccc2C#N)c1. The van der Waals surface area contributed by atoms with Crippen LogP contribution in [0.25, 0.3) is 0 Å². The van der Waals surface area contributed by atoms with Crippen molar-refractivity contribution in [2.75, 3.05) is 20.8 Å². The van der Waals surface area contributed by atoms with Gasteiger partial charge in [0.15, 0.2) is 0 Å². The molecule has 0 aliphatic rings. The molecule has 3 rings (SSSR count). The molecular weight excluding hydrogens is 396 g/mol. The smallest absolute Gasteiger partial charge is 0.252 e. The van der Waals surface area contributed by atoms with Crippen LogP contribution in [0.2, 0.25) is 0 Å². The second-order valence-electron chi connectivity index (χ2n) is 6.39. The Kier molecular flexibility index (Phi) is 7.36. The molecule has 0 saturated carbocycles. The summed E-state index contributed by atoms with van der Waals surface area (Å²) in [6, 6.07) is 22.6. The van der Waals surface area contributed by atoms with Crippen LogP contribution in [-0.4, -0.2) is 26.7 Å². The molecule has 0 fully saturated rings. The minimum absolute atomic E-state index is 0.158. The molecule has 5 nitrogen and oxygen atoms in total. The van der Waals surface area contributed by atoms with Crippen LogP contribution >= 0.6 is 11.8 Å². The minimum Gasteiger partial charge on any atom is -0.497 e. The Morgan fingerprint density at radius 3 is 2.47 bits per heavy atom. The topological polar surface area (TPSA) is 71.3 Å². The van der Waals surface area contributed by atoms with Crippen LogP contribution in [0.4, 0.5) is 0 Å². The van der Waals surface area contributed by atoms with Crippen LogP contribution in [0.5, 0.6) is 11.5 Å². The number of methoxy groups -OCH3 is 2. The lowest BCUT2D eigenvalue weighted by Gasteiger charge is -2.12. The van der Waals surface area contributed by atoms with Gasteiger partial charge in [0.2, 0.25) is 0 Å². The molecule has 0 bridgehead atoms. The van der Waals surface area contributed by atoms with Gasteiger partial charge >= 0.3 is 0 Å². The summed E-state index contributed by atoms with van der Waals surface area (Å²) in [6.07, 6.45) is 0.610. The summed E-state index contributed by atoms with van der Waals surface area (Å²) in [5.74, 6) is 1.35. The number of carbonyl (C=O) groups is 1. The van der Waals surface area contributed by atoms with Crippen LogP contribution in [-0.2, 0) is 6.42 Å². The molecule has 0 heterocycles. The zero-order valence-electron chi connectivity index (χ0n) is 16.8. The van der Waals surface area contributed by atoms with Crippen LogP contribution in [0.3, 0.4) is 0 Å². The molecule has 0 aliphatic carbocycles. The average molecular weight is 419 g/mol. The van der Waals surface area contributed by atoms with Crippen molar-refractivity contribution in [3.05, 3.63) is 83.4 Å². The van der Waals surface area contributed by atoms with Crippen LogP contribution in [0, 0.1) is 11.3 Å². The van der Waals surface area contributed by atoms with E-state index in [1.807, 2.05) is 54.6 Å². The number of carbonyl (C=O) groups excluding carboxylic acids is 1. The third-order valence-corrected chi connectivity index (χ3v) is 5.68. The first kappa shape index (κ1) is 21.3. The van der Waals surface area contributed by atoms with E-state index in [0.717, 1.165) is 26.9 Å². The maximum absolute atomic E-state index is 12.8. The highest BCUT2D eigenvalue weighted by Gasteiger charge is 2.14. The molecular formula is C24H22N2O3S. The van der Waals surface area contributed by atoms with Gasteiger partial charge in [0.05, 0.1) is 25.3 Å². The van der Waals surface area contributed by atoms with Crippen molar-refractivity contribution in [2.45, 2.75) is 16.2 Å². The molecule has 0 radical (unpaired) electrons. The summed E-state index contributed by atoms with van der Waals surface area (Å²) in [5.41, 5.74) is 2.12. The number of ether oxygens (including phenoxy) is 2. The molecule has 3 aromatic rings. The number of amides is 1. The normalized spacial score (nSPS) is 10.2. The zero-order valence-corrected chi connectivity index (χ0v) is 17.7. The van der Waals surface area contributed by atoms with E-state index in [1.54, 1.807) is 26.4 Å². The zero-order chi connectivity index (χ0) is 21.3. The number of nitriles is 1. The number of nitrogens with one attached hydrogen (secondary N) is 1. The Balaban J connectivity index is 1.71. The van der Waals surface area contributed by atoms with Crippen molar-refractivity contribution in [2.24, 2.45) is 0 Å². The third kappa shape index (κ3) is 5.13. The summed E-state index contributed by atoms with van der Waals surface area (Å²) in [4.78, 5) is 14.5. The highest BCUT2D eigenvalue weighted by atomic mass is 32.2. The van der Waals surface area contributed by atoms with Crippen molar-refractivity contribution >= 4 is 17.7 Å². The highest BCUT2D eigenvalue weighted by Crippen LogP contribution is 2.32. The fourth-order valence-electron chi connectivity index (χ4n) is 2.99. The Bertz CT molecular complexity index is 1080. The van der Waals surface area contributed by atoms with E-state index in [1.165, 1.54) is 11.8 Å². The predicted octanol–water partition coefficient (Wildman–Crippen LogP) is 4.70. The molecule has 6 heteroatoms. The molecule has 0 aromatic heterocycles. The van der Waals surface area contributed by atoms with Crippen molar-refractivity contribution in [1.82, 2.24) is 5.32 Å². The fraction of sp³-hybridized carbons (Fsp3) is 0.167. The second kappa shape index (κ2) is 10.4. The van der Waals surface area contributed by atoms with Gasteiger partial charge in [-0.1, -0.05) is 36.0 Å². The van der Waals surface area contributed by atoms with Crippen LogP contribution < -0.4 is 14.8 Å². The number of rotatable bonds is 8. The van der Waals surface area contributed by atoms with E-state index in [0.29, 0.717) is 24.1 Å². The Morgan fingerprint density at radius 1 is 1.00 bits per heavy atom. The van der Waals surface area contributed by atoms with Gasteiger partial charge < -0.3 is 14.8 Å². The molecule has 0 aliphatic heterocycles. The molecule has 0 spiro atoms. The van der Waals surface area contributed by atoms with Crippen molar-refractivity contribution in [3.8, 4) is 17.6 Å². The lowest BCUT2D eigenvalue weighted by molar-refractivity contribution is 0.0951. The lowest BCUT2D eigenvalue weighted by Crippen LogP contribution is -2.26. The predicted molar refractivity (Wildman–Crippen MR) is 117 cm³/mol. The number of hydrogen-bond acceptors (Lipinski definition) is 5. The maximum atomic E-state index is 12.8. The van der Waals surface area contributed by atoms with Gasteiger partial charge in [0.1, 0.15) is 17.6 Å². The molecule has 30 heavy (non-hydrogen) atoms. The van der Waals surface area contributed by atoms with Crippen LogP contribution in [0.15, 0.2) is 76.5 Å². The monoisotopic (exact) mass is 418 g/mol. The summed E-state index contributed by atoms with van der Waals surface area (Å²) in [6.45, 7) is 0.455. The Morgan fingerprint density at radius 2 is 1.73 bits per heavy atom. The molecule has 0 atom stereocenters. The van der Waals surface area contributed by atoms with E-state index in [-0.39, 0.29) is 5.91 Å². The highest BCUT2D eigenvalue weighted by molar-refractivity contribution is 7.99. The van der Waals surface area contributed by atoms with E-state index in [9.17, 15) is 10.1 Å². The molecule has 1 N–H and O–H groups in total. The number of hydrogen-bond donors (Lipinski definition) is 1. The van der Waals surface area contributed by atoms with Crippen molar-refractivity contribution in [1.29, 1.82) is 5.26 Å². The fourth-order valence-corrected chi connectivity index (χ4v) is 4.02. The summed E-state index contributed by atoms with van der Waals surface area (Å²) >= 11 is 1.41. The van der Waals surface area contributed by atoms with Gasteiger partial charge in [-0.3, -0.25) is 4.79 Å². The Labute approximate surface area is 180 Å². The van der Waals surface area contributed by atoms with Crippen molar-refractivity contribution < 1.29 is 14.3 Å². The Hall–Kier alpha value is -3.43. The molecule has 3 aromatic carbocycles. The maximum Gasteiger partial charge on any atom is 0.252 e. The van der Waals surface area contributed by atoms with Crippen LogP contribution in [0.1, 0.15) is 21.5 Å². The van der Waals surface area contributed by atoms with Gasteiger partial charge in [-0.05, 0) is 54.4 Å². The first-order chi connectivity index (χ1) is 14.7. The van der Waals surface area contributed by atoms with Gasteiger partial charge in [0, 0.05) is 16.3 Å². The van der Waals surface area contributed by atoms with Gasteiger partial charge in [-0.15, -0.1) is 0 Å². The summed E-state index contributed by atoms with van der Waals surface area (Å²) in [5, 5.41) is 12.3. The number of benzene rings is 3. The quantitative estimate of drug-likeness (QED) is 0.574. The number of nitrogens with zero attached hydrogens (tertiary/aromatic N) is 1. The standard InChI is InChI=1S/C24H22N2O3S/c1-28-19-11-12-21(29-2)17(15-19)13-14-26-24(27)20-8-4-6-10-23(20)30-22-9-5-3-7-18(22)16-25/h3-12,15H,13-14H2,1-2H3,(H,26,27). The molecule has 152 valence electrons. The first-order valence-electron chi connectivity index (χ1n) is 9.41. The largest absolute Gasteiger partial charge is 0.497 e. The van der Waals surface area contributed by atoms with E-state index in [2.05, 4.69) is 11.4 Å². The molecule has 1 amide bonds. The van der Waals surface area contributed by atoms with Crippen molar-refractivity contribution in [3.63, 3.8) is 0 Å². The summed E-state index contributed by atoms with van der Waals surface area (Å²) < 4.78 is 10.7. The summed E-state index contributed by atoms with van der Waals surface area (Å²) in [7, 11) is 3.24. The third-order valence-electron chi connectivity index (χ3n) is 4.53. The minimum atomic E-state index is -0.158. The second-order valence-corrected chi connectivity index (χ2v) is 7.47. The average Bonchev–Trinajstić information content (AvgIpc) is 2.79. The van der Waals surface area contributed by atoms with Gasteiger partial charge in [0.25, 0.3) is 5.91 Å². The van der Waals surface area contributed by atoms with E-state index < -0.39 is 0 Å².